The highest BCUT2D eigenvalue weighted by molar-refractivity contribution is 6.00. The third kappa shape index (κ3) is 9.50. The molecular formula is C50H47N7O2. The van der Waals surface area contributed by atoms with E-state index < -0.39 is 6.04 Å². The van der Waals surface area contributed by atoms with Crippen molar-refractivity contribution in [3.63, 3.8) is 0 Å². The predicted molar refractivity (Wildman–Crippen MR) is 235 cm³/mol. The molecule has 3 N–H and O–H groups in total. The highest BCUT2D eigenvalue weighted by atomic mass is 16.2. The van der Waals surface area contributed by atoms with Crippen molar-refractivity contribution in [2.24, 2.45) is 5.73 Å². The quantitative estimate of drug-likeness (QED) is 0.139. The summed E-state index contributed by atoms with van der Waals surface area (Å²) in [5.74, 6) is 0.0832. The lowest BCUT2D eigenvalue weighted by molar-refractivity contribution is -0.121. The fraction of sp³-hybridized carbons (Fsp3) is 0.180. The Balaban J connectivity index is 0.000000169. The fourth-order valence-electron chi connectivity index (χ4n) is 7.83. The minimum absolute atomic E-state index is 0.0144. The van der Waals surface area contributed by atoms with Crippen LogP contribution in [0.2, 0.25) is 0 Å². The van der Waals surface area contributed by atoms with E-state index in [-0.39, 0.29) is 17.9 Å². The highest BCUT2D eigenvalue weighted by Crippen LogP contribution is 2.35. The van der Waals surface area contributed by atoms with Crippen molar-refractivity contribution in [2.75, 3.05) is 22.9 Å². The molecule has 59 heavy (non-hydrogen) atoms. The van der Waals surface area contributed by atoms with Crippen molar-refractivity contribution in [3.8, 4) is 22.3 Å². The Morgan fingerprint density at radius 2 is 1.07 bits per heavy atom. The first kappa shape index (κ1) is 39.0. The Labute approximate surface area is 345 Å². The van der Waals surface area contributed by atoms with Gasteiger partial charge in [-0.1, -0.05) is 91.0 Å². The van der Waals surface area contributed by atoms with E-state index in [1.165, 1.54) is 11.1 Å². The maximum absolute atomic E-state index is 13.8. The van der Waals surface area contributed by atoms with Crippen LogP contribution in [-0.4, -0.2) is 51.9 Å². The predicted octanol–water partition coefficient (Wildman–Crippen LogP) is 7.64. The number of pyridine rings is 3. The second-order valence-corrected chi connectivity index (χ2v) is 14.9. The first-order valence-electron chi connectivity index (χ1n) is 20.2. The van der Waals surface area contributed by atoms with Crippen LogP contribution in [0.15, 0.2) is 171 Å². The van der Waals surface area contributed by atoms with Crippen LogP contribution in [0, 0.1) is 0 Å². The summed E-state index contributed by atoms with van der Waals surface area (Å²) < 4.78 is 0. The first-order valence-corrected chi connectivity index (χ1v) is 20.2. The van der Waals surface area contributed by atoms with Gasteiger partial charge in [0.15, 0.2) is 0 Å². The van der Waals surface area contributed by atoms with E-state index in [4.69, 9.17) is 5.73 Å². The largest absolute Gasteiger partial charge is 0.320 e. The number of nitrogens with two attached hydrogens (primary N) is 1. The van der Waals surface area contributed by atoms with Crippen LogP contribution in [0.4, 0.5) is 11.4 Å². The van der Waals surface area contributed by atoms with Gasteiger partial charge in [0, 0.05) is 62.0 Å². The van der Waals surface area contributed by atoms with E-state index >= 15 is 0 Å². The van der Waals surface area contributed by atoms with Crippen LogP contribution < -0.4 is 20.9 Å². The van der Waals surface area contributed by atoms with Crippen molar-refractivity contribution < 1.29 is 9.59 Å². The summed E-state index contributed by atoms with van der Waals surface area (Å²) in [5.41, 5.74) is 18.1. The molecule has 0 spiro atoms. The molecule has 7 aromatic rings. The molecule has 0 aliphatic carbocycles. The van der Waals surface area contributed by atoms with Gasteiger partial charge in [-0.15, -0.1) is 0 Å². The van der Waals surface area contributed by atoms with Gasteiger partial charge in [-0.2, -0.15) is 0 Å². The topological polar surface area (TPSA) is 117 Å². The molecule has 9 heteroatoms. The van der Waals surface area contributed by atoms with E-state index in [2.05, 4.69) is 68.8 Å². The molecule has 294 valence electrons. The lowest BCUT2D eigenvalue weighted by Crippen LogP contribution is -2.47. The third-order valence-electron chi connectivity index (χ3n) is 11.0. The number of hydrogen-bond acceptors (Lipinski definition) is 7. The number of fused-ring (bicyclic) bond motifs is 2. The molecule has 2 amide bonds. The zero-order valence-electron chi connectivity index (χ0n) is 32.9. The molecule has 9 rings (SSSR count). The number of nitrogens with zero attached hydrogens (tertiary/aromatic N) is 5. The van der Waals surface area contributed by atoms with Gasteiger partial charge in [0.2, 0.25) is 11.8 Å². The second kappa shape index (κ2) is 18.6. The SMILES string of the molecule is N[C@@H](Cc1ccccc1)C(=O)N1CCc2ccc(-c3ccncc3)cc21.O=C([C@H](Cc1ccccc1)NCc1ccccn1)N1CCc2ccc(-c3ccncc3)cc21. The number of benzene rings is 4. The number of amides is 2. The Morgan fingerprint density at radius 3 is 1.59 bits per heavy atom. The summed E-state index contributed by atoms with van der Waals surface area (Å²) in [6.45, 7) is 1.93. The van der Waals surface area contributed by atoms with E-state index in [1.54, 1.807) is 31.0 Å². The average molecular weight is 778 g/mol. The monoisotopic (exact) mass is 777 g/mol. The summed E-state index contributed by atoms with van der Waals surface area (Å²) in [5, 5.41) is 3.48. The fourth-order valence-corrected chi connectivity index (χ4v) is 7.83. The number of rotatable bonds is 11. The minimum atomic E-state index is -0.534. The summed E-state index contributed by atoms with van der Waals surface area (Å²) in [4.78, 5) is 43.1. The highest BCUT2D eigenvalue weighted by Gasteiger charge is 2.31. The van der Waals surface area contributed by atoms with Gasteiger partial charge in [0.1, 0.15) is 0 Å². The minimum Gasteiger partial charge on any atom is -0.320 e. The molecule has 2 aliphatic rings. The number of carbonyl (C=O) groups excluding carboxylic acids is 2. The van der Waals surface area contributed by atoms with Crippen molar-refractivity contribution in [2.45, 2.75) is 44.3 Å². The molecule has 0 saturated heterocycles. The maximum Gasteiger partial charge on any atom is 0.244 e. The Hall–Kier alpha value is -6.81. The molecular weight excluding hydrogens is 731 g/mol. The molecule has 0 bridgehead atoms. The van der Waals surface area contributed by atoms with Gasteiger partial charge >= 0.3 is 0 Å². The van der Waals surface area contributed by atoms with Gasteiger partial charge in [0.05, 0.1) is 17.8 Å². The van der Waals surface area contributed by atoms with Gasteiger partial charge in [-0.3, -0.25) is 29.9 Å². The number of carbonyl (C=O) groups is 2. The Bertz CT molecular complexity index is 2470. The zero-order valence-corrected chi connectivity index (χ0v) is 32.9. The van der Waals surface area contributed by atoms with E-state index in [1.807, 2.05) is 101 Å². The van der Waals surface area contributed by atoms with Crippen molar-refractivity contribution in [1.82, 2.24) is 20.3 Å². The van der Waals surface area contributed by atoms with E-state index in [0.29, 0.717) is 32.5 Å². The standard InChI is InChI=1S/C28H26N4O.C22H21N3O/c33-28(26(18-21-6-2-1-3-7-21)31-20-25-8-4-5-14-30-25)32-17-13-23-9-10-24(19-27(23)32)22-11-15-29-16-12-22;23-20(14-16-4-2-1-3-5-16)22(26)25-13-10-18-6-7-19(15-21(18)25)17-8-11-24-12-9-17/h1-12,14-16,19,26,31H,13,17-18,20H2;1-9,11-12,15,20H,10,13-14,23H2/t26-;20-/m00/s1. The molecule has 3 aromatic heterocycles. The van der Waals surface area contributed by atoms with Crippen LogP contribution in [0.3, 0.4) is 0 Å². The van der Waals surface area contributed by atoms with Gasteiger partial charge in [0.25, 0.3) is 0 Å². The lowest BCUT2D eigenvalue weighted by atomic mass is 10.0. The van der Waals surface area contributed by atoms with Crippen LogP contribution in [-0.2, 0) is 41.8 Å². The first-order chi connectivity index (χ1) is 29.0. The summed E-state index contributed by atoms with van der Waals surface area (Å²) >= 11 is 0. The number of hydrogen-bond donors (Lipinski definition) is 2. The smallest absolute Gasteiger partial charge is 0.244 e. The average Bonchev–Trinajstić information content (AvgIpc) is 3.93. The van der Waals surface area contributed by atoms with E-state index in [0.717, 1.165) is 63.3 Å². The van der Waals surface area contributed by atoms with Crippen molar-refractivity contribution >= 4 is 23.2 Å². The second-order valence-electron chi connectivity index (χ2n) is 14.9. The van der Waals surface area contributed by atoms with Crippen LogP contribution >= 0.6 is 0 Å². The molecule has 2 atom stereocenters. The van der Waals surface area contributed by atoms with Gasteiger partial charge < -0.3 is 15.5 Å². The van der Waals surface area contributed by atoms with Crippen molar-refractivity contribution in [3.05, 3.63) is 198 Å². The Kier molecular flexibility index (Phi) is 12.3. The number of nitrogens with one attached hydrogen (secondary N) is 1. The molecule has 0 fully saturated rings. The lowest BCUT2D eigenvalue weighted by Gasteiger charge is -2.25. The van der Waals surface area contributed by atoms with Crippen LogP contribution in [0.25, 0.3) is 22.3 Å². The molecule has 0 unspecified atom stereocenters. The normalized spacial score (nSPS) is 13.8. The van der Waals surface area contributed by atoms with E-state index in [9.17, 15) is 9.59 Å². The summed E-state index contributed by atoms with van der Waals surface area (Å²) in [6, 6.07) is 45.7. The summed E-state index contributed by atoms with van der Waals surface area (Å²) in [7, 11) is 0. The molecule has 2 aliphatic heterocycles. The Morgan fingerprint density at radius 1 is 0.559 bits per heavy atom. The third-order valence-corrected chi connectivity index (χ3v) is 11.0. The van der Waals surface area contributed by atoms with Gasteiger partial charge in [-0.25, -0.2) is 0 Å². The van der Waals surface area contributed by atoms with Gasteiger partial charge in [-0.05, 0) is 119 Å². The van der Waals surface area contributed by atoms with Crippen molar-refractivity contribution in [1.29, 1.82) is 0 Å². The molecule has 9 nitrogen and oxygen atoms in total. The molecule has 4 aromatic carbocycles. The maximum atomic E-state index is 13.8. The number of anilines is 2. The molecule has 0 radical (unpaired) electrons. The zero-order chi connectivity index (χ0) is 40.4. The van der Waals surface area contributed by atoms with Crippen LogP contribution in [0.5, 0.6) is 0 Å². The summed E-state index contributed by atoms with van der Waals surface area (Å²) in [6.07, 6.45) is 11.8. The van der Waals surface area contributed by atoms with Crippen LogP contribution in [0.1, 0.15) is 27.9 Å². The molecule has 0 saturated carbocycles. The number of aromatic nitrogens is 3. The molecule has 5 heterocycles.